The summed E-state index contributed by atoms with van der Waals surface area (Å²) in [6, 6.07) is 5.75. The largest absolute Gasteiger partial charge is 0.435 e. The molecule has 1 aromatic carbocycles. The maximum absolute atomic E-state index is 15.5. The molecule has 37 heavy (non-hydrogen) atoms. The average molecular weight is 510 g/mol. The Labute approximate surface area is 211 Å². The Morgan fingerprint density at radius 2 is 2.00 bits per heavy atom. The molecule has 2 aromatic rings. The van der Waals surface area contributed by atoms with Crippen LogP contribution in [0.1, 0.15) is 17.2 Å². The van der Waals surface area contributed by atoms with Crippen molar-refractivity contribution in [2.45, 2.75) is 24.7 Å². The fourth-order valence-electron chi connectivity index (χ4n) is 5.18. The van der Waals surface area contributed by atoms with Crippen LogP contribution in [0.25, 0.3) is 11.1 Å². The summed E-state index contributed by atoms with van der Waals surface area (Å²) in [4.78, 5) is 16.6. The summed E-state index contributed by atoms with van der Waals surface area (Å²) < 4.78 is 59.2. The van der Waals surface area contributed by atoms with Gasteiger partial charge in [0.1, 0.15) is 5.82 Å². The van der Waals surface area contributed by atoms with E-state index in [0.29, 0.717) is 22.3 Å². The van der Waals surface area contributed by atoms with Gasteiger partial charge >= 0.3 is 6.18 Å². The Morgan fingerprint density at radius 3 is 2.68 bits per heavy atom. The number of amides is 1. The van der Waals surface area contributed by atoms with Crippen molar-refractivity contribution < 1.29 is 22.4 Å². The van der Waals surface area contributed by atoms with Gasteiger partial charge in [0.05, 0.1) is 18.2 Å². The van der Waals surface area contributed by atoms with Gasteiger partial charge in [0.2, 0.25) is 5.91 Å². The van der Waals surface area contributed by atoms with E-state index in [9.17, 15) is 23.2 Å². The number of alkyl halides is 3. The molecule has 2 unspecified atom stereocenters. The molecule has 1 amide bonds. The van der Waals surface area contributed by atoms with Crippen LogP contribution in [0.4, 0.5) is 17.6 Å². The third kappa shape index (κ3) is 4.19. The summed E-state index contributed by atoms with van der Waals surface area (Å²) in [6.45, 7) is 4.32. The first-order valence-corrected chi connectivity index (χ1v) is 11.6. The molecule has 3 aliphatic rings. The molecule has 0 fully saturated rings. The lowest BCUT2D eigenvalue weighted by Gasteiger charge is -2.35. The number of aromatic nitrogens is 2. The highest BCUT2D eigenvalue weighted by atomic mass is 19.4. The number of halogens is 4. The normalized spacial score (nSPS) is 22.5. The predicted octanol–water partition coefficient (Wildman–Crippen LogP) is 4.45. The molecule has 190 valence electrons. The van der Waals surface area contributed by atoms with Crippen molar-refractivity contribution in [3.63, 3.8) is 0 Å². The monoisotopic (exact) mass is 509 g/mol. The van der Waals surface area contributed by atoms with Crippen LogP contribution in [0, 0.1) is 17.1 Å². The lowest BCUT2D eigenvalue weighted by Crippen LogP contribution is -2.40. The van der Waals surface area contributed by atoms with Crippen LogP contribution in [0.2, 0.25) is 0 Å². The Hall–Kier alpha value is -3.97. The molecular weight excluding hydrogens is 486 g/mol. The zero-order valence-corrected chi connectivity index (χ0v) is 20.2. The van der Waals surface area contributed by atoms with Gasteiger partial charge in [0.25, 0.3) is 0 Å². The molecule has 0 saturated heterocycles. The smallest absolute Gasteiger partial charge is 0.334 e. The zero-order chi connectivity index (χ0) is 26.6. The van der Waals surface area contributed by atoms with Gasteiger partial charge in [0, 0.05) is 48.4 Å². The highest BCUT2D eigenvalue weighted by Crippen LogP contribution is 2.47. The second-order valence-electron chi connectivity index (χ2n) is 9.56. The summed E-state index contributed by atoms with van der Waals surface area (Å²) in [6.07, 6.45) is 1.07. The number of nitrogens with zero attached hydrogens (tertiary/aromatic N) is 5. The van der Waals surface area contributed by atoms with Gasteiger partial charge in [-0.3, -0.25) is 9.48 Å². The van der Waals surface area contributed by atoms with Crippen molar-refractivity contribution in [1.82, 2.24) is 19.6 Å². The third-order valence-electron chi connectivity index (χ3n) is 7.12. The van der Waals surface area contributed by atoms with Gasteiger partial charge in [-0.05, 0) is 48.5 Å². The first-order valence-electron chi connectivity index (χ1n) is 11.6. The number of allylic oxidation sites excluding steroid dienone is 2. The standard InChI is InChI=1S/C27H23F4N5O/c1-15-16(10-32)9-19-20(15)12-35-13-21(19)18-5-4-6-23(28)25(18)22-14-36(33-26(22)27(29,30)31)11-17(34(2)3)7-8-24(35)37/h4-9,14,17,21H,1,11-13H2,2-3H3/b8-7+. The maximum Gasteiger partial charge on any atom is 0.435 e. The van der Waals surface area contributed by atoms with E-state index in [4.69, 9.17) is 0 Å². The van der Waals surface area contributed by atoms with E-state index in [1.165, 1.54) is 18.3 Å². The number of fused-ring (bicyclic) bond motifs is 8. The van der Waals surface area contributed by atoms with Crippen molar-refractivity contribution in [3.05, 3.63) is 88.6 Å². The van der Waals surface area contributed by atoms with Crippen molar-refractivity contribution in [3.8, 4) is 17.2 Å². The van der Waals surface area contributed by atoms with Crippen LogP contribution < -0.4 is 0 Å². The number of likely N-dealkylation sites (N-methyl/N-ethyl adjacent to an activating group) is 1. The number of carbonyl (C=O) groups excluding carboxylic acids is 1. The molecule has 0 spiro atoms. The van der Waals surface area contributed by atoms with Crippen LogP contribution >= 0.6 is 0 Å². The van der Waals surface area contributed by atoms with Crippen LogP contribution in [-0.4, -0.2) is 58.7 Å². The average Bonchev–Trinajstić information content (AvgIpc) is 3.41. The maximum atomic E-state index is 15.5. The van der Waals surface area contributed by atoms with Gasteiger partial charge in [-0.15, -0.1) is 0 Å². The third-order valence-corrected chi connectivity index (χ3v) is 7.12. The molecular formula is C27H23F4N5O. The summed E-state index contributed by atoms with van der Waals surface area (Å²) in [5.74, 6) is -1.80. The number of nitriles is 1. The SMILES string of the molecule is C=C1C(C#N)=CC2=C1CN1CC2c2cccc(F)c2-c2cn(nc2C(F)(F)F)CC(N(C)C)/C=C/C1=O. The molecule has 10 heteroatoms. The van der Waals surface area contributed by atoms with Crippen molar-refractivity contribution in [2.75, 3.05) is 27.2 Å². The van der Waals surface area contributed by atoms with Gasteiger partial charge in [-0.2, -0.15) is 23.5 Å². The fourth-order valence-corrected chi connectivity index (χ4v) is 5.18. The summed E-state index contributed by atoms with van der Waals surface area (Å²) in [5, 5.41) is 13.4. The number of hydrogen-bond acceptors (Lipinski definition) is 4. The summed E-state index contributed by atoms with van der Waals surface area (Å²) >= 11 is 0. The fraction of sp³-hybridized carbons (Fsp3) is 0.296. The Bertz CT molecular complexity index is 1450. The second kappa shape index (κ2) is 8.85. The Morgan fingerprint density at radius 1 is 1.24 bits per heavy atom. The van der Waals surface area contributed by atoms with Crippen molar-refractivity contribution in [2.24, 2.45) is 0 Å². The predicted molar refractivity (Wildman–Crippen MR) is 128 cm³/mol. The number of carbonyl (C=O) groups is 1. The first kappa shape index (κ1) is 24.7. The number of rotatable bonds is 1. The number of benzene rings is 1. The molecule has 0 saturated carbocycles. The quantitative estimate of drug-likeness (QED) is 0.533. The molecule has 4 bridgehead atoms. The van der Waals surface area contributed by atoms with Gasteiger partial charge in [0.15, 0.2) is 5.69 Å². The van der Waals surface area contributed by atoms with Crippen LogP contribution in [0.3, 0.4) is 0 Å². The van der Waals surface area contributed by atoms with Gasteiger partial charge in [-0.1, -0.05) is 24.8 Å². The molecule has 2 aliphatic heterocycles. The van der Waals surface area contributed by atoms with Gasteiger partial charge < -0.3 is 9.80 Å². The molecule has 6 nitrogen and oxygen atoms in total. The van der Waals surface area contributed by atoms with Crippen LogP contribution in [-0.2, 0) is 17.5 Å². The summed E-state index contributed by atoms with van der Waals surface area (Å²) in [5.41, 5.74) is 0.596. The number of hydrogen-bond donors (Lipinski definition) is 0. The highest BCUT2D eigenvalue weighted by molar-refractivity contribution is 5.89. The van der Waals surface area contributed by atoms with Crippen molar-refractivity contribution >= 4 is 5.91 Å². The minimum absolute atomic E-state index is 0.0207. The minimum atomic E-state index is -4.82. The lowest BCUT2D eigenvalue weighted by molar-refractivity contribution is -0.141. The molecule has 0 N–H and O–H groups in total. The molecule has 5 rings (SSSR count). The summed E-state index contributed by atoms with van der Waals surface area (Å²) in [7, 11) is 3.49. The second-order valence-corrected chi connectivity index (χ2v) is 9.56. The Kier molecular flexibility index (Phi) is 5.91. The zero-order valence-electron chi connectivity index (χ0n) is 20.2. The Balaban J connectivity index is 1.81. The van der Waals surface area contributed by atoms with E-state index in [2.05, 4.69) is 17.7 Å². The van der Waals surface area contributed by atoms with E-state index < -0.39 is 29.6 Å². The van der Waals surface area contributed by atoms with Crippen molar-refractivity contribution in [1.29, 1.82) is 5.26 Å². The molecule has 2 atom stereocenters. The molecule has 1 aliphatic carbocycles. The molecule has 1 aromatic heterocycles. The lowest BCUT2D eigenvalue weighted by atomic mass is 9.81. The van der Waals surface area contributed by atoms with Crippen LogP contribution in [0.5, 0.6) is 0 Å². The van der Waals surface area contributed by atoms with Crippen LogP contribution in [0.15, 0.2) is 71.5 Å². The highest BCUT2D eigenvalue weighted by Gasteiger charge is 2.41. The topological polar surface area (TPSA) is 65.2 Å². The van der Waals surface area contributed by atoms with E-state index >= 15 is 4.39 Å². The van der Waals surface area contributed by atoms with Gasteiger partial charge in [-0.25, -0.2) is 4.39 Å². The van der Waals surface area contributed by atoms with E-state index in [1.807, 2.05) is 0 Å². The van der Waals surface area contributed by atoms with E-state index in [0.717, 1.165) is 10.7 Å². The van der Waals surface area contributed by atoms with E-state index in [-0.39, 0.29) is 42.2 Å². The first-order chi connectivity index (χ1) is 17.5. The molecule has 0 radical (unpaired) electrons. The molecule has 3 heterocycles. The minimum Gasteiger partial charge on any atom is -0.334 e. The van der Waals surface area contributed by atoms with E-state index in [1.54, 1.807) is 42.1 Å².